The molecule has 0 aliphatic heterocycles. The molecule has 1 heterocycles. The maximum absolute atomic E-state index is 9.07. The van der Waals surface area contributed by atoms with E-state index in [4.69, 9.17) is 34.2 Å². The van der Waals surface area contributed by atoms with E-state index in [0.29, 0.717) is 39.2 Å². The van der Waals surface area contributed by atoms with E-state index in [9.17, 15) is 0 Å². The Hall–Kier alpha value is -1.70. The van der Waals surface area contributed by atoms with E-state index < -0.39 is 0 Å². The highest BCUT2D eigenvalue weighted by Gasteiger charge is 2.16. The first-order valence-corrected chi connectivity index (χ1v) is 6.07. The van der Waals surface area contributed by atoms with Crippen molar-refractivity contribution in [1.29, 1.82) is 5.26 Å². The van der Waals surface area contributed by atoms with E-state index in [1.165, 1.54) is 4.68 Å². The van der Waals surface area contributed by atoms with Crippen LogP contribution < -0.4 is 5.73 Å². The lowest BCUT2D eigenvalue weighted by Gasteiger charge is -2.06. The van der Waals surface area contributed by atoms with Gasteiger partial charge in [0, 0.05) is 5.02 Å². The molecule has 0 aliphatic carbocycles. The van der Waals surface area contributed by atoms with Crippen LogP contribution in [-0.2, 0) is 6.42 Å². The molecular weight excluding hydrogens is 271 g/mol. The van der Waals surface area contributed by atoms with Gasteiger partial charge in [0.05, 0.1) is 16.4 Å². The average molecular weight is 281 g/mol. The van der Waals surface area contributed by atoms with E-state index in [2.05, 4.69) is 11.2 Å². The Morgan fingerprint density at radius 2 is 2.17 bits per heavy atom. The highest BCUT2D eigenvalue weighted by atomic mass is 35.5. The molecule has 0 unspecified atom stereocenters. The number of halogens is 2. The second-order valence-electron chi connectivity index (χ2n) is 3.68. The number of rotatable bonds is 2. The number of aromatic nitrogens is 2. The first-order valence-electron chi connectivity index (χ1n) is 5.31. The molecule has 1 aromatic heterocycles. The normalized spacial score (nSPS) is 10.3. The Morgan fingerprint density at radius 3 is 2.67 bits per heavy atom. The number of benzene rings is 1. The molecule has 18 heavy (non-hydrogen) atoms. The lowest BCUT2D eigenvalue weighted by atomic mass is 10.2. The van der Waals surface area contributed by atoms with E-state index in [0.717, 1.165) is 0 Å². The molecule has 4 nitrogen and oxygen atoms in total. The second-order valence-corrected chi connectivity index (χ2v) is 4.52. The lowest BCUT2D eigenvalue weighted by Crippen LogP contribution is -2.03. The molecule has 0 amide bonds. The number of anilines is 1. The number of aryl methyl sites for hydroxylation is 1. The monoisotopic (exact) mass is 280 g/mol. The van der Waals surface area contributed by atoms with Crippen molar-refractivity contribution in [2.24, 2.45) is 0 Å². The minimum atomic E-state index is 0.290. The number of nitrogens with zero attached hydrogens (tertiary/aromatic N) is 3. The van der Waals surface area contributed by atoms with Crippen molar-refractivity contribution < 1.29 is 0 Å². The van der Waals surface area contributed by atoms with E-state index in [-0.39, 0.29) is 0 Å². The summed E-state index contributed by atoms with van der Waals surface area (Å²) in [6, 6.07) is 7.08. The summed E-state index contributed by atoms with van der Waals surface area (Å²) in [4.78, 5) is 0. The van der Waals surface area contributed by atoms with Crippen molar-refractivity contribution in [2.45, 2.75) is 13.3 Å². The lowest BCUT2D eigenvalue weighted by molar-refractivity contribution is 0.849. The van der Waals surface area contributed by atoms with Crippen LogP contribution in [0.1, 0.15) is 18.2 Å². The van der Waals surface area contributed by atoms with Gasteiger partial charge < -0.3 is 5.73 Å². The minimum absolute atomic E-state index is 0.290. The Morgan fingerprint density at radius 1 is 1.44 bits per heavy atom. The van der Waals surface area contributed by atoms with Gasteiger partial charge in [-0.05, 0) is 24.6 Å². The van der Waals surface area contributed by atoms with Crippen molar-refractivity contribution in [1.82, 2.24) is 9.78 Å². The molecule has 0 saturated heterocycles. The quantitative estimate of drug-likeness (QED) is 0.919. The molecular formula is C12H10Cl2N4. The molecule has 2 rings (SSSR count). The Labute approximate surface area is 115 Å². The number of nitrogen functional groups attached to an aromatic ring is 1. The fourth-order valence-electron chi connectivity index (χ4n) is 1.68. The molecule has 0 fully saturated rings. The number of hydrogen-bond acceptors (Lipinski definition) is 3. The van der Waals surface area contributed by atoms with Crippen LogP contribution in [0.2, 0.25) is 10.0 Å². The van der Waals surface area contributed by atoms with Crippen LogP contribution >= 0.6 is 23.2 Å². The first-order chi connectivity index (χ1) is 8.58. The van der Waals surface area contributed by atoms with Gasteiger partial charge in [0.15, 0.2) is 0 Å². The van der Waals surface area contributed by atoms with Gasteiger partial charge in [0.25, 0.3) is 0 Å². The van der Waals surface area contributed by atoms with Crippen molar-refractivity contribution in [3.8, 4) is 11.8 Å². The van der Waals surface area contributed by atoms with Gasteiger partial charge in [-0.2, -0.15) is 10.4 Å². The van der Waals surface area contributed by atoms with Crippen LogP contribution in [0, 0.1) is 11.3 Å². The molecule has 1 aromatic carbocycles. The van der Waals surface area contributed by atoms with Gasteiger partial charge in [-0.1, -0.05) is 30.1 Å². The third kappa shape index (κ3) is 2.03. The van der Waals surface area contributed by atoms with Crippen molar-refractivity contribution in [2.75, 3.05) is 5.73 Å². The number of nitriles is 1. The van der Waals surface area contributed by atoms with Gasteiger partial charge in [-0.15, -0.1) is 0 Å². The molecule has 0 saturated carbocycles. The smallest absolute Gasteiger partial charge is 0.145 e. The predicted octanol–water partition coefficient (Wildman–Crippen LogP) is 3.20. The zero-order valence-electron chi connectivity index (χ0n) is 9.61. The van der Waals surface area contributed by atoms with Crippen LogP contribution in [0.25, 0.3) is 5.69 Å². The van der Waals surface area contributed by atoms with Crippen molar-refractivity contribution in [3.63, 3.8) is 0 Å². The molecule has 92 valence electrons. The minimum Gasteiger partial charge on any atom is -0.382 e. The zero-order valence-corrected chi connectivity index (χ0v) is 11.1. The molecule has 0 radical (unpaired) electrons. The van der Waals surface area contributed by atoms with Crippen LogP contribution in [0.5, 0.6) is 0 Å². The summed E-state index contributed by atoms with van der Waals surface area (Å²) in [5.41, 5.74) is 7.57. The molecule has 0 bridgehead atoms. The van der Waals surface area contributed by atoms with E-state index in [1.54, 1.807) is 18.2 Å². The molecule has 0 spiro atoms. The third-order valence-corrected chi connectivity index (χ3v) is 3.12. The first kappa shape index (κ1) is 12.7. The van der Waals surface area contributed by atoms with E-state index >= 15 is 0 Å². The van der Waals surface area contributed by atoms with Crippen LogP contribution in [0.3, 0.4) is 0 Å². The maximum Gasteiger partial charge on any atom is 0.145 e. The predicted molar refractivity (Wildman–Crippen MR) is 72.1 cm³/mol. The highest BCUT2D eigenvalue weighted by Crippen LogP contribution is 2.28. The average Bonchev–Trinajstić information content (AvgIpc) is 2.66. The van der Waals surface area contributed by atoms with Crippen LogP contribution in [0.15, 0.2) is 18.2 Å². The van der Waals surface area contributed by atoms with E-state index in [1.807, 2.05) is 6.92 Å². The molecule has 0 atom stereocenters. The molecule has 2 N–H and O–H groups in total. The molecule has 6 heteroatoms. The fourth-order valence-corrected chi connectivity index (χ4v) is 2.17. The zero-order chi connectivity index (χ0) is 13.3. The Balaban J connectivity index is 2.65. The Kier molecular flexibility index (Phi) is 3.46. The summed E-state index contributed by atoms with van der Waals surface area (Å²) in [7, 11) is 0. The van der Waals surface area contributed by atoms with Gasteiger partial charge >= 0.3 is 0 Å². The molecule has 2 aromatic rings. The van der Waals surface area contributed by atoms with Crippen LogP contribution in [-0.4, -0.2) is 9.78 Å². The van der Waals surface area contributed by atoms with Gasteiger partial charge in [-0.3, -0.25) is 0 Å². The standard InChI is InChI=1S/C12H10Cl2N4/c1-2-10-8(6-15)12(16)18(17-10)11-4-3-7(13)5-9(11)14/h3-5H,2,16H2,1H3. The largest absolute Gasteiger partial charge is 0.382 e. The van der Waals surface area contributed by atoms with Crippen LogP contribution in [0.4, 0.5) is 5.82 Å². The van der Waals surface area contributed by atoms with Gasteiger partial charge in [-0.25, -0.2) is 4.68 Å². The summed E-state index contributed by atoms with van der Waals surface area (Å²) in [6.45, 7) is 1.91. The second kappa shape index (κ2) is 4.89. The molecule has 0 aliphatic rings. The highest BCUT2D eigenvalue weighted by molar-refractivity contribution is 6.35. The van der Waals surface area contributed by atoms with Crippen molar-refractivity contribution in [3.05, 3.63) is 39.5 Å². The number of nitrogens with two attached hydrogens (primary N) is 1. The third-order valence-electron chi connectivity index (χ3n) is 2.58. The summed E-state index contributed by atoms with van der Waals surface area (Å²) in [6.07, 6.45) is 0.630. The Bertz CT molecular complexity index is 640. The summed E-state index contributed by atoms with van der Waals surface area (Å²) in [5.74, 6) is 0.290. The number of hydrogen-bond donors (Lipinski definition) is 1. The van der Waals surface area contributed by atoms with Crippen molar-refractivity contribution >= 4 is 29.0 Å². The van der Waals surface area contributed by atoms with Gasteiger partial charge in [0.1, 0.15) is 17.5 Å². The summed E-state index contributed by atoms with van der Waals surface area (Å²) < 4.78 is 1.47. The summed E-state index contributed by atoms with van der Waals surface area (Å²) in [5, 5.41) is 14.3. The summed E-state index contributed by atoms with van der Waals surface area (Å²) >= 11 is 11.9. The fraction of sp³-hybridized carbons (Fsp3) is 0.167. The van der Waals surface area contributed by atoms with Gasteiger partial charge in [0.2, 0.25) is 0 Å². The SMILES string of the molecule is CCc1nn(-c2ccc(Cl)cc2Cl)c(N)c1C#N. The maximum atomic E-state index is 9.07. The topological polar surface area (TPSA) is 67.6 Å².